The molecule has 0 spiro atoms. The fourth-order valence-electron chi connectivity index (χ4n) is 2.73. The van der Waals surface area contributed by atoms with Gasteiger partial charge >= 0.3 is 12.0 Å². The molecule has 0 aromatic heterocycles. The predicted molar refractivity (Wildman–Crippen MR) is 94.1 cm³/mol. The van der Waals surface area contributed by atoms with Crippen molar-refractivity contribution in [3.63, 3.8) is 0 Å². The largest absolute Gasteiger partial charge is 0.449 e. The van der Waals surface area contributed by atoms with Gasteiger partial charge in [-0.05, 0) is 34.5 Å². The second-order valence-corrected chi connectivity index (χ2v) is 5.59. The van der Waals surface area contributed by atoms with E-state index in [1.165, 1.54) is 6.92 Å². The number of fused-ring (bicyclic) bond motifs is 2. The van der Waals surface area contributed by atoms with Gasteiger partial charge in [0.05, 0.1) is 5.56 Å². The van der Waals surface area contributed by atoms with E-state index in [1.807, 2.05) is 59.9 Å². The van der Waals surface area contributed by atoms with Crippen molar-refractivity contribution in [2.45, 2.75) is 13.0 Å². The molecular weight excluding hydrogens is 320 g/mol. The topological polar surface area (TPSA) is 98.5 Å². The van der Waals surface area contributed by atoms with Crippen LogP contribution in [0.3, 0.4) is 0 Å². The molecule has 0 saturated carbocycles. The molecule has 1 atom stereocenters. The van der Waals surface area contributed by atoms with E-state index >= 15 is 0 Å². The minimum Gasteiger partial charge on any atom is -0.449 e. The highest BCUT2D eigenvalue weighted by Gasteiger charge is 2.22. The van der Waals surface area contributed by atoms with Gasteiger partial charge in [0.25, 0.3) is 5.91 Å². The maximum Gasteiger partial charge on any atom is 0.340 e. The van der Waals surface area contributed by atoms with Crippen LogP contribution in [0.4, 0.5) is 4.79 Å². The summed E-state index contributed by atoms with van der Waals surface area (Å²) in [5.74, 6) is -1.41. The molecule has 126 valence electrons. The second kappa shape index (κ2) is 6.60. The van der Waals surface area contributed by atoms with Crippen LogP contribution in [-0.4, -0.2) is 24.0 Å². The number of rotatable bonds is 3. The summed E-state index contributed by atoms with van der Waals surface area (Å²) in [6.07, 6.45) is -1.15. The van der Waals surface area contributed by atoms with Crippen LogP contribution in [-0.2, 0) is 9.53 Å². The summed E-state index contributed by atoms with van der Waals surface area (Å²) in [5.41, 5.74) is 5.29. The Morgan fingerprint density at radius 3 is 2.00 bits per heavy atom. The average molecular weight is 336 g/mol. The van der Waals surface area contributed by atoms with Crippen molar-refractivity contribution in [1.29, 1.82) is 0 Å². The number of primary amides is 1. The molecule has 3 aromatic carbocycles. The fourth-order valence-corrected chi connectivity index (χ4v) is 2.73. The Morgan fingerprint density at radius 2 is 1.48 bits per heavy atom. The molecule has 3 aromatic rings. The van der Waals surface area contributed by atoms with Gasteiger partial charge in [0.15, 0.2) is 6.10 Å². The van der Waals surface area contributed by atoms with E-state index in [2.05, 4.69) is 0 Å². The molecule has 0 aliphatic rings. The van der Waals surface area contributed by atoms with Crippen LogP contribution >= 0.6 is 0 Å². The highest BCUT2D eigenvalue weighted by molar-refractivity contribution is 6.16. The maximum absolute atomic E-state index is 12.8. The number of nitrogens with one attached hydrogen (secondary N) is 1. The van der Waals surface area contributed by atoms with E-state index in [0.29, 0.717) is 5.56 Å². The van der Waals surface area contributed by atoms with Crippen molar-refractivity contribution in [2.75, 3.05) is 0 Å². The molecule has 3 N–H and O–H groups in total. The van der Waals surface area contributed by atoms with E-state index < -0.39 is 24.0 Å². The lowest BCUT2D eigenvalue weighted by molar-refractivity contribution is -0.127. The number of urea groups is 1. The number of nitrogens with two attached hydrogens (primary N) is 1. The normalized spacial score (nSPS) is 11.9. The number of hydrogen-bond acceptors (Lipinski definition) is 4. The lowest BCUT2D eigenvalue weighted by Crippen LogP contribution is -2.42. The molecule has 6 nitrogen and oxygen atoms in total. The molecule has 0 saturated heterocycles. The molecule has 0 aliphatic carbocycles. The zero-order chi connectivity index (χ0) is 18.0. The van der Waals surface area contributed by atoms with Crippen LogP contribution < -0.4 is 11.1 Å². The highest BCUT2D eigenvalue weighted by atomic mass is 16.5. The number of imide groups is 1. The molecule has 0 fully saturated rings. The quantitative estimate of drug-likeness (QED) is 0.567. The molecule has 3 amide bonds. The molecular formula is C19H16N2O4. The fraction of sp³-hybridized carbons (Fsp3) is 0.105. The molecule has 0 radical (unpaired) electrons. The minimum atomic E-state index is -1.15. The molecule has 0 heterocycles. The van der Waals surface area contributed by atoms with E-state index in [-0.39, 0.29) is 0 Å². The predicted octanol–water partition coefficient (Wildman–Crippen LogP) is 2.73. The minimum absolute atomic E-state index is 0.382. The number of carbonyl (C=O) groups is 3. The molecule has 6 heteroatoms. The van der Waals surface area contributed by atoms with E-state index in [9.17, 15) is 14.4 Å². The Balaban J connectivity index is 2.05. The van der Waals surface area contributed by atoms with Gasteiger partial charge in [-0.25, -0.2) is 9.59 Å². The maximum atomic E-state index is 12.8. The lowest BCUT2D eigenvalue weighted by Gasteiger charge is -2.15. The number of esters is 1. The lowest BCUT2D eigenvalue weighted by atomic mass is 9.97. The van der Waals surface area contributed by atoms with Crippen LogP contribution in [0.25, 0.3) is 21.5 Å². The molecule has 1 unspecified atom stereocenters. The SMILES string of the molecule is CC(OC(=O)c1c2ccccc2cc2ccccc12)C(=O)NC(N)=O. The van der Waals surface area contributed by atoms with E-state index in [0.717, 1.165) is 21.5 Å². The first kappa shape index (κ1) is 16.4. The number of hydrogen-bond donors (Lipinski definition) is 2. The number of amides is 3. The van der Waals surface area contributed by atoms with Gasteiger partial charge < -0.3 is 10.5 Å². The number of ether oxygens (including phenoxy) is 1. The first-order valence-electron chi connectivity index (χ1n) is 7.69. The third-order valence-corrected chi connectivity index (χ3v) is 3.87. The molecule has 25 heavy (non-hydrogen) atoms. The Kier molecular flexibility index (Phi) is 4.35. The van der Waals surface area contributed by atoms with Crippen molar-refractivity contribution in [3.8, 4) is 0 Å². The summed E-state index contributed by atoms with van der Waals surface area (Å²) in [6, 6.07) is 15.9. The van der Waals surface area contributed by atoms with E-state index in [1.54, 1.807) is 0 Å². The van der Waals surface area contributed by atoms with Crippen molar-refractivity contribution < 1.29 is 19.1 Å². The zero-order valence-corrected chi connectivity index (χ0v) is 13.5. The van der Waals surface area contributed by atoms with Crippen LogP contribution in [0, 0.1) is 0 Å². The first-order chi connectivity index (χ1) is 12.0. The Bertz CT molecular complexity index is 943. The van der Waals surface area contributed by atoms with Crippen LogP contribution in [0.5, 0.6) is 0 Å². The third-order valence-electron chi connectivity index (χ3n) is 3.87. The van der Waals surface area contributed by atoms with Crippen molar-refractivity contribution in [2.24, 2.45) is 5.73 Å². The van der Waals surface area contributed by atoms with E-state index in [4.69, 9.17) is 10.5 Å². The summed E-state index contributed by atoms with van der Waals surface area (Å²) < 4.78 is 5.26. The van der Waals surface area contributed by atoms with Gasteiger partial charge in [-0.3, -0.25) is 10.1 Å². The number of carbonyl (C=O) groups excluding carboxylic acids is 3. The van der Waals surface area contributed by atoms with Gasteiger partial charge in [-0.1, -0.05) is 48.5 Å². The average Bonchev–Trinajstić information content (AvgIpc) is 2.58. The van der Waals surface area contributed by atoms with Crippen LogP contribution in [0.2, 0.25) is 0 Å². The molecule has 0 bridgehead atoms. The zero-order valence-electron chi connectivity index (χ0n) is 13.5. The number of benzene rings is 3. The monoisotopic (exact) mass is 336 g/mol. The van der Waals surface area contributed by atoms with Crippen LogP contribution in [0.15, 0.2) is 54.6 Å². The van der Waals surface area contributed by atoms with Gasteiger partial charge in [-0.15, -0.1) is 0 Å². The third kappa shape index (κ3) is 3.28. The smallest absolute Gasteiger partial charge is 0.340 e. The second-order valence-electron chi connectivity index (χ2n) is 5.59. The van der Waals surface area contributed by atoms with Crippen LogP contribution in [0.1, 0.15) is 17.3 Å². The van der Waals surface area contributed by atoms with Gasteiger partial charge in [0, 0.05) is 0 Å². The molecule has 0 aliphatic heterocycles. The Labute approximate surface area is 143 Å². The Morgan fingerprint density at radius 1 is 0.960 bits per heavy atom. The summed E-state index contributed by atoms with van der Waals surface area (Å²) in [6.45, 7) is 1.38. The summed E-state index contributed by atoms with van der Waals surface area (Å²) >= 11 is 0. The standard InChI is InChI=1S/C19H16N2O4/c1-11(17(22)21-19(20)24)25-18(23)16-14-8-4-2-6-12(14)10-13-7-3-5-9-15(13)16/h2-11H,1H3,(H3,20,21,22,24). The molecule has 3 rings (SSSR count). The van der Waals surface area contributed by atoms with Gasteiger partial charge in [0.2, 0.25) is 0 Å². The van der Waals surface area contributed by atoms with Crippen molar-refractivity contribution in [1.82, 2.24) is 5.32 Å². The van der Waals surface area contributed by atoms with Gasteiger partial charge in [0.1, 0.15) is 0 Å². The summed E-state index contributed by atoms with van der Waals surface area (Å²) in [7, 11) is 0. The van der Waals surface area contributed by atoms with Crippen molar-refractivity contribution in [3.05, 3.63) is 60.2 Å². The summed E-state index contributed by atoms with van der Waals surface area (Å²) in [5, 5.41) is 5.14. The summed E-state index contributed by atoms with van der Waals surface area (Å²) in [4.78, 5) is 35.3. The van der Waals surface area contributed by atoms with Crippen molar-refractivity contribution >= 4 is 39.5 Å². The first-order valence-corrected chi connectivity index (χ1v) is 7.69. The van der Waals surface area contributed by atoms with Gasteiger partial charge in [-0.2, -0.15) is 0 Å². The Hall–Kier alpha value is -3.41. The highest BCUT2D eigenvalue weighted by Crippen LogP contribution is 2.29.